The summed E-state index contributed by atoms with van der Waals surface area (Å²) in [4.78, 5) is 1.87. The maximum Gasteiger partial charge on any atom is 0.228 e. The van der Waals surface area contributed by atoms with Crippen LogP contribution in [0.25, 0.3) is 0 Å². The van der Waals surface area contributed by atoms with E-state index in [4.69, 9.17) is 5.21 Å². The van der Waals surface area contributed by atoms with Crippen LogP contribution in [-0.2, 0) is 0 Å². The molecule has 4 heteroatoms. The highest BCUT2D eigenvalue weighted by atomic mass is 16.8. The third-order valence-electron chi connectivity index (χ3n) is 1.27. The molecule has 0 bridgehead atoms. The standard InChI is InChI=1S/C6H6.C3H4N2O2.4CH4/c1-2-4-6-5-3-1;6-5(7)2-1-4-3-5;;;;/h1-6H;1-3,6H;4*1H4. The highest BCUT2D eigenvalue weighted by Crippen LogP contribution is 2.00. The van der Waals surface area contributed by atoms with E-state index in [1.54, 1.807) is 0 Å². The van der Waals surface area contributed by atoms with Gasteiger partial charge in [0, 0.05) is 0 Å². The first-order valence-corrected chi connectivity index (χ1v) is 3.75. The summed E-state index contributed by atoms with van der Waals surface area (Å²) in [6.07, 6.45) is 3.13. The fraction of sp³-hybridized carbons (Fsp3) is 0.308. The van der Waals surface area contributed by atoms with Gasteiger partial charge in [-0.05, 0) is 0 Å². The molecular formula is C13H26N2O2. The fourth-order valence-corrected chi connectivity index (χ4v) is 0.691. The molecule has 0 amide bonds. The molecule has 1 aromatic carbocycles. The van der Waals surface area contributed by atoms with E-state index in [0.29, 0.717) is 0 Å². The zero-order chi connectivity index (χ0) is 9.57. The molecule has 2 rings (SSSR count). The molecule has 0 saturated heterocycles. The molecule has 1 aliphatic heterocycles. The van der Waals surface area contributed by atoms with Gasteiger partial charge in [0.1, 0.15) is 0 Å². The Morgan fingerprint density at radius 3 is 1.29 bits per heavy atom. The number of nitrogens with zero attached hydrogens (tertiary/aromatic N) is 2. The average Bonchev–Trinajstić information content (AvgIpc) is 2.54. The molecule has 0 saturated carbocycles. The number of hydrogen-bond donors (Lipinski definition) is 1. The van der Waals surface area contributed by atoms with Crippen LogP contribution < -0.4 is 0 Å². The molecule has 1 N–H and O–H groups in total. The number of hydrogen-bond acceptors (Lipinski definition) is 3. The Labute approximate surface area is 106 Å². The second-order valence-corrected chi connectivity index (χ2v) is 2.39. The quantitative estimate of drug-likeness (QED) is 0.540. The maximum atomic E-state index is 10.2. The predicted molar refractivity (Wildman–Crippen MR) is 76.4 cm³/mol. The van der Waals surface area contributed by atoms with Crippen molar-refractivity contribution in [2.24, 2.45) is 4.99 Å². The van der Waals surface area contributed by atoms with Crippen molar-refractivity contribution < 1.29 is 10.0 Å². The first-order valence-electron chi connectivity index (χ1n) is 3.75. The van der Waals surface area contributed by atoms with Gasteiger partial charge in [0.15, 0.2) is 6.20 Å². The summed E-state index contributed by atoms with van der Waals surface area (Å²) in [7, 11) is 0. The van der Waals surface area contributed by atoms with Crippen LogP contribution >= 0.6 is 0 Å². The molecule has 0 spiro atoms. The summed E-state index contributed by atoms with van der Waals surface area (Å²) < 4.78 is 0. The molecule has 1 atom stereocenters. The van der Waals surface area contributed by atoms with Gasteiger partial charge in [0.05, 0.1) is 6.20 Å². The minimum absolute atomic E-state index is 0. The molecule has 1 aromatic rings. The van der Waals surface area contributed by atoms with E-state index < -0.39 is 4.81 Å². The second kappa shape index (κ2) is 12.6. The topological polar surface area (TPSA) is 55.6 Å². The molecule has 1 aliphatic rings. The van der Waals surface area contributed by atoms with Crippen molar-refractivity contribution in [1.29, 1.82) is 0 Å². The lowest BCUT2D eigenvalue weighted by Crippen LogP contribution is -2.26. The van der Waals surface area contributed by atoms with Crippen molar-refractivity contribution in [2.75, 3.05) is 0 Å². The van der Waals surface area contributed by atoms with Gasteiger partial charge in [-0.1, -0.05) is 66.1 Å². The Kier molecular flexibility index (Phi) is 18.2. The van der Waals surface area contributed by atoms with Crippen molar-refractivity contribution in [2.45, 2.75) is 29.7 Å². The van der Waals surface area contributed by atoms with E-state index in [1.807, 2.05) is 36.4 Å². The van der Waals surface area contributed by atoms with Gasteiger partial charge in [-0.2, -0.15) is 0 Å². The third-order valence-corrected chi connectivity index (χ3v) is 1.27. The van der Waals surface area contributed by atoms with Crippen LogP contribution in [0.1, 0.15) is 29.7 Å². The largest absolute Gasteiger partial charge is 0.588 e. The Bertz CT molecular complexity index is 255. The minimum atomic E-state index is -1.47. The van der Waals surface area contributed by atoms with E-state index >= 15 is 0 Å². The monoisotopic (exact) mass is 242 g/mol. The van der Waals surface area contributed by atoms with E-state index in [0.717, 1.165) is 12.5 Å². The summed E-state index contributed by atoms with van der Waals surface area (Å²) in [5.74, 6) is 0. The zero-order valence-electron chi connectivity index (χ0n) is 6.95. The van der Waals surface area contributed by atoms with Crippen LogP contribution in [-0.4, -0.2) is 16.4 Å². The van der Waals surface area contributed by atoms with Crippen molar-refractivity contribution in [3.63, 3.8) is 0 Å². The van der Waals surface area contributed by atoms with Gasteiger partial charge in [-0.3, -0.25) is 0 Å². The van der Waals surface area contributed by atoms with Crippen molar-refractivity contribution in [3.8, 4) is 0 Å². The highest BCUT2D eigenvalue weighted by molar-refractivity contribution is 5.49. The van der Waals surface area contributed by atoms with E-state index in [1.165, 1.54) is 6.20 Å². The van der Waals surface area contributed by atoms with Gasteiger partial charge in [-0.15, -0.1) is 4.81 Å². The minimum Gasteiger partial charge on any atom is -0.588 e. The van der Waals surface area contributed by atoms with E-state index in [2.05, 4.69) is 4.99 Å². The lowest BCUT2D eigenvalue weighted by molar-refractivity contribution is -0.939. The third kappa shape index (κ3) is 12.4. The summed E-state index contributed by atoms with van der Waals surface area (Å²) in [5, 5.41) is 18.5. The number of aliphatic imine (C=N–C) groups is 1. The number of benzene rings is 1. The van der Waals surface area contributed by atoms with Gasteiger partial charge in [-0.25, -0.2) is 10.2 Å². The molecule has 0 radical (unpaired) electrons. The second-order valence-electron chi connectivity index (χ2n) is 2.39. The Morgan fingerprint density at radius 1 is 0.824 bits per heavy atom. The zero-order valence-corrected chi connectivity index (χ0v) is 6.95. The summed E-state index contributed by atoms with van der Waals surface area (Å²) in [5.41, 5.74) is 0. The lowest BCUT2D eigenvalue weighted by Gasteiger charge is -2.18. The Hall–Kier alpha value is -1.49. The summed E-state index contributed by atoms with van der Waals surface area (Å²) >= 11 is 0. The Morgan fingerprint density at radius 2 is 1.18 bits per heavy atom. The number of hydroxylamine groups is 4. The number of quaternary nitrogens is 1. The first kappa shape index (κ1) is 24.6. The predicted octanol–water partition coefficient (Wildman–Crippen LogP) is 4.43. The van der Waals surface area contributed by atoms with Crippen molar-refractivity contribution in [3.05, 3.63) is 54.0 Å². The molecule has 17 heavy (non-hydrogen) atoms. The van der Waals surface area contributed by atoms with Crippen molar-refractivity contribution >= 4 is 6.34 Å². The first-order chi connectivity index (χ1) is 6.21. The van der Waals surface area contributed by atoms with Gasteiger partial charge in [0.25, 0.3) is 0 Å². The van der Waals surface area contributed by atoms with Crippen LogP contribution in [0.2, 0.25) is 0 Å². The average molecular weight is 242 g/mol. The van der Waals surface area contributed by atoms with E-state index in [9.17, 15) is 5.21 Å². The normalized spacial score (nSPS) is 18.2. The summed E-state index contributed by atoms with van der Waals surface area (Å²) in [6, 6.07) is 12.0. The van der Waals surface area contributed by atoms with Crippen LogP contribution in [0.15, 0.2) is 53.8 Å². The summed E-state index contributed by atoms with van der Waals surface area (Å²) in [6.45, 7) is 0. The molecule has 1 heterocycles. The van der Waals surface area contributed by atoms with Gasteiger partial charge in [0.2, 0.25) is 6.34 Å². The molecular weight excluding hydrogens is 216 g/mol. The molecule has 4 nitrogen and oxygen atoms in total. The lowest BCUT2D eigenvalue weighted by atomic mass is 10.4. The van der Waals surface area contributed by atoms with Gasteiger partial charge >= 0.3 is 0 Å². The maximum absolute atomic E-state index is 10.2. The molecule has 100 valence electrons. The molecule has 0 aliphatic carbocycles. The van der Waals surface area contributed by atoms with Crippen LogP contribution in [0.5, 0.6) is 0 Å². The SMILES string of the molecule is C.C.C.C.[O-][N+]1(O)C=CN=C1.c1ccccc1. The van der Waals surface area contributed by atoms with Gasteiger partial charge < -0.3 is 5.21 Å². The fourth-order valence-electron chi connectivity index (χ4n) is 0.691. The van der Waals surface area contributed by atoms with Crippen LogP contribution in [0, 0.1) is 5.21 Å². The molecule has 0 aromatic heterocycles. The smallest absolute Gasteiger partial charge is 0.228 e. The van der Waals surface area contributed by atoms with Crippen molar-refractivity contribution in [1.82, 2.24) is 0 Å². The highest BCUT2D eigenvalue weighted by Gasteiger charge is 2.07. The van der Waals surface area contributed by atoms with Crippen LogP contribution in [0.3, 0.4) is 0 Å². The number of rotatable bonds is 0. The van der Waals surface area contributed by atoms with E-state index in [-0.39, 0.29) is 29.7 Å². The molecule has 1 unspecified atom stereocenters. The van der Waals surface area contributed by atoms with Crippen LogP contribution in [0.4, 0.5) is 0 Å². The Balaban J connectivity index is -0.0000000810. The molecule has 0 fully saturated rings.